The molecule has 2 aliphatic rings. The Morgan fingerprint density at radius 3 is 2.50 bits per heavy atom. The minimum Gasteiger partial charge on any atom is -0.328 e. The summed E-state index contributed by atoms with van der Waals surface area (Å²) in [5, 5.41) is 8.29. The highest BCUT2D eigenvalue weighted by Crippen LogP contribution is 2.56. The van der Waals surface area contributed by atoms with Crippen LogP contribution in [0.2, 0.25) is 0 Å². The fourth-order valence-corrected chi connectivity index (χ4v) is 4.79. The fraction of sp³-hybridized carbons (Fsp3) is 0.409. The fourth-order valence-electron chi connectivity index (χ4n) is 4.79. The molecule has 2 unspecified atom stereocenters. The Kier molecular flexibility index (Phi) is 3.66. The van der Waals surface area contributed by atoms with Gasteiger partial charge in [-0.1, -0.05) is 36.4 Å². The number of benzene rings is 2. The molecule has 0 radical (unpaired) electrons. The van der Waals surface area contributed by atoms with E-state index in [0.29, 0.717) is 17.9 Å². The van der Waals surface area contributed by atoms with Crippen molar-refractivity contribution < 1.29 is 0 Å². The van der Waals surface area contributed by atoms with Crippen LogP contribution in [-0.2, 0) is 0 Å². The van der Waals surface area contributed by atoms with Crippen molar-refractivity contribution in [1.29, 1.82) is 0 Å². The highest BCUT2D eigenvalue weighted by Gasteiger charge is 2.51. The third-order valence-electron chi connectivity index (χ3n) is 6.60. The van der Waals surface area contributed by atoms with Gasteiger partial charge < -0.3 is 11.5 Å². The van der Waals surface area contributed by atoms with Gasteiger partial charge in [0.25, 0.3) is 0 Å². The Balaban J connectivity index is 1.33. The number of fused-ring (bicyclic) bond motifs is 1. The molecule has 2 aliphatic carbocycles. The zero-order valence-corrected chi connectivity index (χ0v) is 15.0. The first-order valence-electron chi connectivity index (χ1n) is 9.70. The number of H-pyrrole nitrogens is 1. The molecule has 4 heteroatoms. The molecule has 1 aromatic heterocycles. The van der Waals surface area contributed by atoms with Gasteiger partial charge in [0, 0.05) is 17.0 Å². The van der Waals surface area contributed by atoms with E-state index in [1.165, 1.54) is 23.1 Å². The van der Waals surface area contributed by atoms with Gasteiger partial charge in [0.2, 0.25) is 0 Å². The van der Waals surface area contributed by atoms with Crippen molar-refractivity contribution in [3.8, 4) is 11.1 Å². The van der Waals surface area contributed by atoms with Gasteiger partial charge in [-0.2, -0.15) is 5.10 Å². The molecule has 1 heterocycles. The lowest BCUT2D eigenvalue weighted by atomic mass is 9.76. The minimum atomic E-state index is 0.00482. The quantitative estimate of drug-likeness (QED) is 0.672. The highest BCUT2D eigenvalue weighted by atomic mass is 15.1. The number of aromatic nitrogens is 2. The molecule has 2 fully saturated rings. The highest BCUT2D eigenvalue weighted by molar-refractivity contribution is 5.83. The maximum atomic E-state index is 6.75. The van der Waals surface area contributed by atoms with Crippen LogP contribution in [0.15, 0.2) is 48.7 Å². The van der Waals surface area contributed by atoms with Crippen molar-refractivity contribution in [2.75, 3.05) is 0 Å². The van der Waals surface area contributed by atoms with Gasteiger partial charge in [0.05, 0.1) is 11.7 Å². The first kappa shape index (κ1) is 16.0. The van der Waals surface area contributed by atoms with Crippen LogP contribution < -0.4 is 11.5 Å². The molecule has 0 aliphatic heterocycles. The van der Waals surface area contributed by atoms with Gasteiger partial charge in [0.1, 0.15) is 0 Å². The predicted octanol–water partition coefficient (Wildman–Crippen LogP) is 3.93. The summed E-state index contributed by atoms with van der Waals surface area (Å²) in [4.78, 5) is 0. The Labute approximate surface area is 154 Å². The molecule has 26 heavy (non-hydrogen) atoms. The number of nitrogens with two attached hydrogens (primary N) is 2. The number of hydrogen-bond acceptors (Lipinski definition) is 3. The van der Waals surface area contributed by atoms with Gasteiger partial charge in [0.15, 0.2) is 0 Å². The molecule has 5 rings (SSSR count). The molecular weight excluding hydrogens is 320 g/mol. The lowest BCUT2D eigenvalue weighted by molar-refractivity contribution is 0.239. The topological polar surface area (TPSA) is 80.7 Å². The van der Waals surface area contributed by atoms with Gasteiger partial charge in [-0.25, -0.2) is 0 Å². The van der Waals surface area contributed by atoms with Crippen molar-refractivity contribution in [2.45, 2.75) is 49.6 Å². The lowest BCUT2D eigenvalue weighted by Gasteiger charge is -2.36. The zero-order chi connectivity index (χ0) is 17.7. The smallest absolute Gasteiger partial charge is 0.0656 e. The Morgan fingerprint density at radius 1 is 1.00 bits per heavy atom. The van der Waals surface area contributed by atoms with E-state index in [1.54, 1.807) is 0 Å². The molecule has 0 amide bonds. The summed E-state index contributed by atoms with van der Waals surface area (Å²) in [6.45, 7) is 0. The molecule has 0 saturated heterocycles. The van der Waals surface area contributed by atoms with E-state index >= 15 is 0 Å². The molecule has 3 aromatic rings. The lowest BCUT2D eigenvalue weighted by Crippen LogP contribution is -2.48. The third kappa shape index (κ3) is 2.74. The van der Waals surface area contributed by atoms with Crippen molar-refractivity contribution in [3.63, 3.8) is 0 Å². The van der Waals surface area contributed by atoms with Crippen molar-refractivity contribution >= 4 is 10.9 Å². The normalized spacial score (nSPS) is 31.2. The zero-order valence-electron chi connectivity index (χ0n) is 15.0. The van der Waals surface area contributed by atoms with Gasteiger partial charge in [-0.3, -0.25) is 5.10 Å². The Hall–Kier alpha value is -2.17. The van der Waals surface area contributed by atoms with Gasteiger partial charge in [-0.15, -0.1) is 0 Å². The predicted molar refractivity (Wildman–Crippen MR) is 106 cm³/mol. The molecule has 134 valence electrons. The molecule has 4 nitrogen and oxygen atoms in total. The first-order chi connectivity index (χ1) is 12.6. The van der Waals surface area contributed by atoms with E-state index in [4.69, 9.17) is 11.5 Å². The summed E-state index contributed by atoms with van der Waals surface area (Å²) in [5.74, 6) is 1.25. The van der Waals surface area contributed by atoms with E-state index in [1.807, 2.05) is 6.20 Å². The molecule has 0 spiro atoms. The van der Waals surface area contributed by atoms with E-state index < -0.39 is 0 Å². The van der Waals surface area contributed by atoms with Gasteiger partial charge >= 0.3 is 0 Å². The van der Waals surface area contributed by atoms with Crippen LogP contribution in [0.25, 0.3) is 22.0 Å². The van der Waals surface area contributed by atoms with Crippen LogP contribution in [0.1, 0.15) is 43.6 Å². The summed E-state index contributed by atoms with van der Waals surface area (Å²) in [5.41, 5.74) is 17.8. The maximum Gasteiger partial charge on any atom is 0.0656 e. The molecule has 2 atom stereocenters. The molecular formula is C22H26N4. The summed E-state index contributed by atoms with van der Waals surface area (Å²) in [6, 6.07) is 15.8. The second kappa shape index (κ2) is 5.93. The van der Waals surface area contributed by atoms with Crippen molar-refractivity contribution in [2.24, 2.45) is 17.4 Å². The first-order valence-corrected chi connectivity index (χ1v) is 9.70. The summed E-state index contributed by atoms with van der Waals surface area (Å²) < 4.78 is 0. The molecule has 0 bridgehead atoms. The van der Waals surface area contributed by atoms with E-state index in [-0.39, 0.29) is 5.54 Å². The monoisotopic (exact) mass is 346 g/mol. The standard InChI is InChI=1S/C22H26N4/c23-18-7-9-22(24,10-8-18)20-12-19(20)15-3-1-14(2-4-15)16-5-6-17-13-25-26-21(17)11-16/h1-6,11,13,18-20H,7-10,12,23-24H2,(H,25,26). The van der Waals surface area contributed by atoms with E-state index in [0.717, 1.165) is 36.6 Å². The maximum absolute atomic E-state index is 6.75. The minimum absolute atomic E-state index is 0.00482. The largest absolute Gasteiger partial charge is 0.328 e. The van der Waals surface area contributed by atoms with Crippen molar-refractivity contribution in [1.82, 2.24) is 10.2 Å². The van der Waals surface area contributed by atoms with Crippen LogP contribution in [-0.4, -0.2) is 21.8 Å². The Bertz CT molecular complexity index is 919. The second-order valence-corrected chi connectivity index (χ2v) is 8.31. The van der Waals surface area contributed by atoms with E-state index in [9.17, 15) is 0 Å². The van der Waals surface area contributed by atoms with Crippen LogP contribution in [0, 0.1) is 5.92 Å². The second-order valence-electron chi connectivity index (χ2n) is 8.31. The molecule has 2 saturated carbocycles. The van der Waals surface area contributed by atoms with Crippen molar-refractivity contribution in [3.05, 3.63) is 54.2 Å². The number of hydrogen-bond donors (Lipinski definition) is 3. The number of nitrogens with zero attached hydrogens (tertiary/aromatic N) is 1. The third-order valence-corrected chi connectivity index (χ3v) is 6.60. The van der Waals surface area contributed by atoms with Crippen LogP contribution in [0.5, 0.6) is 0 Å². The average molecular weight is 346 g/mol. The Morgan fingerprint density at radius 2 is 1.73 bits per heavy atom. The van der Waals surface area contributed by atoms with Crippen LogP contribution in [0.4, 0.5) is 0 Å². The molecule has 2 aromatic carbocycles. The van der Waals surface area contributed by atoms with Crippen LogP contribution in [0.3, 0.4) is 0 Å². The SMILES string of the molecule is NC1CCC(N)(C2CC2c2ccc(-c3ccc4cn[nH]c4c3)cc2)CC1. The van der Waals surface area contributed by atoms with E-state index in [2.05, 4.69) is 52.7 Å². The summed E-state index contributed by atoms with van der Waals surface area (Å²) in [6.07, 6.45) is 7.40. The number of rotatable bonds is 3. The number of nitrogens with one attached hydrogen (secondary N) is 1. The summed E-state index contributed by atoms with van der Waals surface area (Å²) >= 11 is 0. The molecule has 5 N–H and O–H groups in total. The number of aromatic amines is 1. The van der Waals surface area contributed by atoms with Gasteiger partial charge in [-0.05, 0) is 66.7 Å². The average Bonchev–Trinajstić information content (AvgIpc) is 3.35. The van der Waals surface area contributed by atoms with Crippen LogP contribution >= 0.6 is 0 Å². The summed E-state index contributed by atoms with van der Waals surface area (Å²) in [7, 11) is 0.